The van der Waals surface area contributed by atoms with Crippen LogP contribution in [0.5, 0.6) is 0 Å². The summed E-state index contributed by atoms with van der Waals surface area (Å²) >= 11 is 0. The normalized spacial score (nSPS) is 27.9. The Kier molecular flexibility index (Phi) is 5.53. The lowest BCUT2D eigenvalue weighted by atomic mass is 9.78. The van der Waals surface area contributed by atoms with Crippen molar-refractivity contribution in [3.05, 3.63) is 0 Å². The maximum atomic E-state index is 3.90. The molecule has 2 aliphatic rings. The lowest BCUT2D eigenvalue weighted by molar-refractivity contribution is 0.0376. The van der Waals surface area contributed by atoms with Crippen LogP contribution in [0.1, 0.15) is 66.7 Å². The average Bonchev–Trinajstić information content (AvgIpc) is 2.40. The minimum absolute atomic E-state index is 0.448. The maximum absolute atomic E-state index is 3.90. The van der Waals surface area contributed by atoms with Gasteiger partial charge in [0.05, 0.1) is 0 Å². The lowest BCUT2D eigenvalue weighted by Crippen LogP contribution is -2.64. The molecule has 1 N–H and O–H groups in total. The smallest absolute Gasteiger partial charge is 0.0309 e. The zero-order chi connectivity index (χ0) is 14.8. The molecule has 20 heavy (non-hydrogen) atoms. The fourth-order valence-corrected chi connectivity index (χ4v) is 4.36. The number of hydrogen-bond donors (Lipinski definition) is 1. The van der Waals surface area contributed by atoms with E-state index >= 15 is 0 Å². The van der Waals surface area contributed by atoms with Crippen molar-refractivity contribution in [3.63, 3.8) is 0 Å². The highest BCUT2D eigenvalue weighted by Crippen LogP contribution is 2.33. The first-order chi connectivity index (χ1) is 9.43. The van der Waals surface area contributed by atoms with Gasteiger partial charge < -0.3 is 5.32 Å². The van der Waals surface area contributed by atoms with Crippen molar-refractivity contribution in [3.8, 4) is 0 Å². The Morgan fingerprint density at radius 3 is 2.20 bits per heavy atom. The topological polar surface area (TPSA) is 15.3 Å². The van der Waals surface area contributed by atoms with Gasteiger partial charge >= 0.3 is 0 Å². The van der Waals surface area contributed by atoms with Crippen molar-refractivity contribution in [2.45, 2.75) is 78.3 Å². The minimum atomic E-state index is 0.448. The summed E-state index contributed by atoms with van der Waals surface area (Å²) in [6, 6.07) is 0.697. The third-order valence-corrected chi connectivity index (χ3v) is 5.87. The highest BCUT2D eigenvalue weighted by Gasteiger charge is 2.39. The van der Waals surface area contributed by atoms with Crippen LogP contribution >= 0.6 is 0 Å². The van der Waals surface area contributed by atoms with Crippen LogP contribution in [-0.2, 0) is 0 Å². The number of nitrogens with one attached hydrogen (secondary N) is 1. The Bertz CT molecular complexity index is 284. The number of rotatable bonds is 4. The van der Waals surface area contributed by atoms with Crippen molar-refractivity contribution < 1.29 is 0 Å². The molecule has 0 aromatic heterocycles. The van der Waals surface area contributed by atoms with E-state index in [9.17, 15) is 0 Å². The summed E-state index contributed by atoms with van der Waals surface area (Å²) in [6.07, 6.45) is 7.08. The van der Waals surface area contributed by atoms with E-state index in [0.717, 1.165) is 17.8 Å². The Morgan fingerprint density at radius 1 is 1.05 bits per heavy atom. The minimum Gasteiger partial charge on any atom is -0.308 e. The van der Waals surface area contributed by atoms with Gasteiger partial charge in [0, 0.05) is 31.2 Å². The van der Waals surface area contributed by atoms with Gasteiger partial charge in [-0.25, -0.2) is 0 Å². The first-order valence-corrected chi connectivity index (χ1v) is 8.92. The second-order valence-electron chi connectivity index (χ2n) is 8.15. The first kappa shape index (κ1) is 16.3. The van der Waals surface area contributed by atoms with Crippen molar-refractivity contribution in [2.75, 3.05) is 19.6 Å². The molecule has 1 aliphatic carbocycles. The Balaban J connectivity index is 2.01. The third-order valence-electron chi connectivity index (χ3n) is 5.87. The molecule has 2 heteroatoms. The lowest BCUT2D eigenvalue weighted by Gasteiger charge is -2.50. The van der Waals surface area contributed by atoms with E-state index in [2.05, 4.69) is 44.8 Å². The molecule has 0 amide bonds. The summed E-state index contributed by atoms with van der Waals surface area (Å²) in [4.78, 5) is 2.80. The van der Waals surface area contributed by atoms with Gasteiger partial charge in [0.2, 0.25) is 0 Å². The predicted octanol–water partition coefficient (Wildman–Crippen LogP) is 3.91. The molecule has 1 atom stereocenters. The summed E-state index contributed by atoms with van der Waals surface area (Å²) in [7, 11) is 0. The molecule has 1 unspecified atom stereocenters. The number of piperazine rings is 1. The van der Waals surface area contributed by atoms with Crippen LogP contribution in [0.25, 0.3) is 0 Å². The monoisotopic (exact) mass is 280 g/mol. The molecule has 0 radical (unpaired) electrons. The Labute approximate surface area is 126 Å². The number of nitrogens with zero attached hydrogens (tertiary/aromatic N) is 1. The van der Waals surface area contributed by atoms with Crippen molar-refractivity contribution in [1.82, 2.24) is 10.2 Å². The van der Waals surface area contributed by atoms with E-state index in [4.69, 9.17) is 0 Å². The van der Waals surface area contributed by atoms with Gasteiger partial charge in [-0.15, -0.1) is 0 Å². The quantitative estimate of drug-likeness (QED) is 0.840. The second-order valence-corrected chi connectivity index (χ2v) is 8.15. The molecule has 1 saturated carbocycles. The molecule has 118 valence electrons. The van der Waals surface area contributed by atoms with Crippen molar-refractivity contribution >= 4 is 0 Å². The van der Waals surface area contributed by atoms with Gasteiger partial charge in [0.1, 0.15) is 0 Å². The summed E-state index contributed by atoms with van der Waals surface area (Å²) in [5.74, 6) is 2.41. The van der Waals surface area contributed by atoms with E-state index in [1.807, 2.05) is 0 Å². The zero-order valence-electron chi connectivity index (χ0n) is 14.4. The molecule has 2 rings (SSSR count). The van der Waals surface area contributed by atoms with E-state index in [1.54, 1.807) is 0 Å². The summed E-state index contributed by atoms with van der Waals surface area (Å²) in [6.45, 7) is 15.7. The van der Waals surface area contributed by atoms with E-state index in [-0.39, 0.29) is 0 Å². The molecule has 1 spiro atoms. The molecular formula is C18H36N2. The standard InChI is InChI=1S/C18H36N2/c1-14(2)17(15(3)4)12-20-13-18(19-11-16(20)5)9-7-6-8-10-18/h14-17,19H,6-13H2,1-5H3. The van der Waals surface area contributed by atoms with Gasteiger partial charge in [-0.1, -0.05) is 47.0 Å². The van der Waals surface area contributed by atoms with Gasteiger partial charge in [0.25, 0.3) is 0 Å². The summed E-state index contributed by atoms with van der Waals surface area (Å²) < 4.78 is 0. The first-order valence-electron chi connectivity index (χ1n) is 8.92. The van der Waals surface area contributed by atoms with Gasteiger partial charge in [0.15, 0.2) is 0 Å². The van der Waals surface area contributed by atoms with Gasteiger partial charge in [-0.3, -0.25) is 4.90 Å². The highest BCUT2D eigenvalue weighted by atomic mass is 15.3. The largest absolute Gasteiger partial charge is 0.308 e. The van der Waals surface area contributed by atoms with Crippen LogP contribution in [-0.4, -0.2) is 36.1 Å². The Hall–Kier alpha value is -0.0800. The molecule has 1 heterocycles. The van der Waals surface area contributed by atoms with Crippen LogP contribution in [0.2, 0.25) is 0 Å². The molecule has 0 aromatic carbocycles. The summed E-state index contributed by atoms with van der Waals surface area (Å²) in [5.41, 5.74) is 0.448. The third kappa shape index (κ3) is 3.76. The second kappa shape index (κ2) is 6.79. The molecular weight excluding hydrogens is 244 g/mol. The molecule has 1 saturated heterocycles. The predicted molar refractivity (Wildman–Crippen MR) is 88.0 cm³/mol. The fraction of sp³-hybridized carbons (Fsp3) is 1.00. The van der Waals surface area contributed by atoms with Crippen LogP contribution in [0.4, 0.5) is 0 Å². The summed E-state index contributed by atoms with van der Waals surface area (Å²) in [5, 5.41) is 3.90. The molecule has 1 aliphatic heterocycles. The van der Waals surface area contributed by atoms with Crippen LogP contribution in [0.3, 0.4) is 0 Å². The van der Waals surface area contributed by atoms with Gasteiger partial charge in [-0.2, -0.15) is 0 Å². The highest BCUT2D eigenvalue weighted by molar-refractivity contribution is 4.99. The SMILES string of the molecule is CC(C)C(CN1CC2(CCCCC2)NCC1C)C(C)C. The molecule has 2 nitrogen and oxygen atoms in total. The van der Waals surface area contributed by atoms with Crippen LogP contribution in [0, 0.1) is 17.8 Å². The van der Waals surface area contributed by atoms with Crippen LogP contribution < -0.4 is 5.32 Å². The molecule has 0 aromatic rings. The van der Waals surface area contributed by atoms with Crippen LogP contribution in [0.15, 0.2) is 0 Å². The van der Waals surface area contributed by atoms with E-state index < -0.39 is 0 Å². The van der Waals surface area contributed by atoms with Crippen molar-refractivity contribution in [2.24, 2.45) is 17.8 Å². The Morgan fingerprint density at radius 2 is 1.65 bits per heavy atom. The molecule has 2 fully saturated rings. The zero-order valence-corrected chi connectivity index (χ0v) is 14.4. The van der Waals surface area contributed by atoms with Crippen molar-refractivity contribution in [1.29, 1.82) is 0 Å². The number of hydrogen-bond acceptors (Lipinski definition) is 2. The van der Waals surface area contributed by atoms with E-state index in [0.29, 0.717) is 11.6 Å². The maximum Gasteiger partial charge on any atom is 0.0309 e. The average molecular weight is 280 g/mol. The molecule has 0 bridgehead atoms. The van der Waals surface area contributed by atoms with Gasteiger partial charge in [-0.05, 0) is 37.5 Å². The fourth-order valence-electron chi connectivity index (χ4n) is 4.36. The van der Waals surface area contributed by atoms with E-state index in [1.165, 1.54) is 51.7 Å².